The molecule has 1 aromatic rings. The van der Waals surface area contributed by atoms with Crippen LogP contribution in [0.4, 0.5) is 39.5 Å². The number of alkyl halides is 9. The summed E-state index contributed by atoms with van der Waals surface area (Å²) in [4.78, 5) is 10.9. The van der Waals surface area contributed by atoms with Gasteiger partial charge in [-0.3, -0.25) is 4.79 Å². The Kier molecular flexibility index (Phi) is 7.38. The molecular formula is C15H13F9N2O2S. The number of carboxylic acid groups (broad SMARTS) is 1. The van der Waals surface area contributed by atoms with Crippen LogP contribution in [-0.2, 0) is 11.3 Å². The van der Waals surface area contributed by atoms with E-state index < -0.39 is 47.5 Å². The molecule has 0 bridgehead atoms. The first-order valence-corrected chi connectivity index (χ1v) is 7.95. The summed E-state index contributed by atoms with van der Waals surface area (Å²) in [6.45, 7) is -1.64. The highest BCUT2D eigenvalue weighted by molar-refractivity contribution is 7.80. The molecule has 1 unspecified atom stereocenters. The van der Waals surface area contributed by atoms with Crippen LogP contribution < -0.4 is 10.6 Å². The summed E-state index contributed by atoms with van der Waals surface area (Å²) >= 11 is 4.63. The maximum absolute atomic E-state index is 13.8. The topological polar surface area (TPSA) is 61.4 Å². The first-order valence-electron chi connectivity index (χ1n) is 7.54. The fourth-order valence-corrected chi connectivity index (χ4v) is 2.17. The second-order valence-electron chi connectivity index (χ2n) is 5.71. The summed E-state index contributed by atoms with van der Waals surface area (Å²) in [5, 5.41) is 12.4. The maximum Gasteiger partial charge on any atom is 0.460 e. The molecule has 0 aromatic heterocycles. The Bertz CT molecular complexity index is 726. The van der Waals surface area contributed by atoms with Crippen molar-refractivity contribution in [2.24, 2.45) is 5.92 Å². The molecule has 0 spiro atoms. The lowest BCUT2D eigenvalue weighted by Gasteiger charge is -2.36. The van der Waals surface area contributed by atoms with E-state index in [9.17, 15) is 44.3 Å². The van der Waals surface area contributed by atoms with Gasteiger partial charge < -0.3 is 15.7 Å². The van der Waals surface area contributed by atoms with E-state index in [-0.39, 0.29) is 6.54 Å². The first-order chi connectivity index (χ1) is 13.1. The third kappa shape index (κ3) is 5.22. The zero-order valence-electron chi connectivity index (χ0n) is 14.0. The number of aliphatic carboxylic acids is 1. The van der Waals surface area contributed by atoms with Crippen molar-refractivity contribution >= 4 is 23.3 Å². The number of hydrogen-bond donors (Lipinski definition) is 3. The van der Waals surface area contributed by atoms with Gasteiger partial charge in [0.1, 0.15) is 5.92 Å². The fraction of sp³-hybridized carbons (Fsp3) is 0.467. The monoisotopic (exact) mass is 456 g/mol. The van der Waals surface area contributed by atoms with Crippen LogP contribution in [0.3, 0.4) is 0 Å². The molecule has 0 aliphatic carbocycles. The highest BCUT2D eigenvalue weighted by Crippen LogP contribution is 2.55. The van der Waals surface area contributed by atoms with Gasteiger partial charge in [-0.25, -0.2) is 0 Å². The Hall–Kier alpha value is -2.25. The molecule has 14 heteroatoms. The van der Waals surface area contributed by atoms with Gasteiger partial charge in [0, 0.05) is 13.1 Å². The van der Waals surface area contributed by atoms with Crippen molar-refractivity contribution in [1.29, 1.82) is 0 Å². The van der Waals surface area contributed by atoms with Gasteiger partial charge in [0.2, 0.25) is 0 Å². The molecule has 0 aliphatic heterocycles. The predicted octanol–water partition coefficient (Wildman–Crippen LogP) is 3.82. The van der Waals surface area contributed by atoms with Crippen LogP contribution in [0.5, 0.6) is 0 Å². The van der Waals surface area contributed by atoms with Gasteiger partial charge in [0.05, 0.1) is 0 Å². The summed E-state index contributed by atoms with van der Waals surface area (Å²) in [5.41, 5.74) is 0.633. The van der Waals surface area contributed by atoms with Gasteiger partial charge in [0.25, 0.3) is 0 Å². The lowest BCUT2D eigenvalue weighted by molar-refractivity contribution is -0.401. The Morgan fingerprint density at radius 3 is 1.90 bits per heavy atom. The highest BCUT2D eigenvalue weighted by Gasteiger charge is 2.83. The van der Waals surface area contributed by atoms with Gasteiger partial charge >= 0.3 is 29.9 Å². The molecule has 0 radical (unpaired) electrons. The molecule has 0 saturated carbocycles. The second kappa shape index (κ2) is 8.63. The van der Waals surface area contributed by atoms with E-state index in [1.165, 1.54) is 0 Å². The Morgan fingerprint density at radius 1 is 0.931 bits per heavy atom. The van der Waals surface area contributed by atoms with Crippen molar-refractivity contribution in [2.75, 3.05) is 6.54 Å². The smallest absolute Gasteiger partial charge is 0.460 e. The van der Waals surface area contributed by atoms with E-state index in [0.717, 1.165) is 0 Å². The predicted molar refractivity (Wildman–Crippen MR) is 85.9 cm³/mol. The molecule has 0 saturated heterocycles. The number of thiocarbonyl (C=S) groups is 1. The van der Waals surface area contributed by atoms with Gasteiger partial charge in [-0.05, 0) is 17.8 Å². The quantitative estimate of drug-likeness (QED) is 0.410. The average Bonchev–Trinajstić information content (AvgIpc) is 2.59. The standard InChI is InChI=1S/C15H13F9N2O2S/c16-12(17,13(18,19)14(20,21)15(22,23)24)9(10(27)28)7-26-11(29)25-6-8-4-2-1-3-5-8/h1-5,9H,6-7H2,(H,27,28)(H2,25,26,29). The minimum atomic E-state index is -7.18. The number of benzene rings is 1. The minimum Gasteiger partial charge on any atom is -0.481 e. The molecule has 4 nitrogen and oxygen atoms in total. The van der Waals surface area contributed by atoms with Crippen molar-refractivity contribution in [3.63, 3.8) is 0 Å². The van der Waals surface area contributed by atoms with Crippen LogP contribution in [0.15, 0.2) is 30.3 Å². The van der Waals surface area contributed by atoms with Crippen molar-refractivity contribution < 1.29 is 49.4 Å². The van der Waals surface area contributed by atoms with Crippen LogP contribution >= 0.6 is 12.2 Å². The molecule has 3 N–H and O–H groups in total. The van der Waals surface area contributed by atoms with Crippen LogP contribution in [-0.4, -0.2) is 46.7 Å². The third-order valence-corrected chi connectivity index (χ3v) is 3.96. The van der Waals surface area contributed by atoms with Gasteiger partial charge in [-0.15, -0.1) is 0 Å². The molecule has 29 heavy (non-hydrogen) atoms. The molecule has 1 rings (SSSR count). The van der Waals surface area contributed by atoms with E-state index in [1.807, 2.05) is 0 Å². The number of carbonyl (C=O) groups is 1. The van der Waals surface area contributed by atoms with E-state index in [2.05, 4.69) is 17.5 Å². The van der Waals surface area contributed by atoms with Crippen LogP contribution in [0.2, 0.25) is 0 Å². The Morgan fingerprint density at radius 2 is 1.45 bits per heavy atom. The van der Waals surface area contributed by atoms with E-state index >= 15 is 0 Å². The average molecular weight is 456 g/mol. The first kappa shape index (κ1) is 24.8. The largest absolute Gasteiger partial charge is 0.481 e. The molecule has 1 atom stereocenters. The summed E-state index contributed by atoms with van der Waals surface area (Å²) in [6.07, 6.45) is -7.04. The van der Waals surface area contributed by atoms with Crippen LogP contribution in [0.1, 0.15) is 5.56 Å². The van der Waals surface area contributed by atoms with Crippen LogP contribution in [0.25, 0.3) is 0 Å². The minimum absolute atomic E-state index is 0.00308. The number of nitrogens with one attached hydrogen (secondary N) is 2. The molecule has 0 fully saturated rings. The highest BCUT2D eigenvalue weighted by atomic mass is 32.1. The van der Waals surface area contributed by atoms with E-state index in [4.69, 9.17) is 5.11 Å². The SMILES string of the molecule is O=C(O)C(CNC(=S)NCc1ccccc1)C(F)(F)C(F)(F)C(F)(F)C(F)(F)F. The lowest BCUT2D eigenvalue weighted by Crippen LogP contribution is -2.65. The van der Waals surface area contributed by atoms with E-state index in [1.54, 1.807) is 35.6 Å². The molecule has 0 amide bonds. The maximum atomic E-state index is 13.8. The van der Waals surface area contributed by atoms with Crippen molar-refractivity contribution in [3.05, 3.63) is 35.9 Å². The van der Waals surface area contributed by atoms with Gasteiger partial charge in [-0.2, -0.15) is 39.5 Å². The molecule has 164 valence electrons. The number of carboxylic acids is 1. The Labute approximate surface area is 163 Å². The molecule has 0 heterocycles. The summed E-state index contributed by atoms with van der Waals surface area (Å²) in [5.74, 6) is -26.9. The normalized spacial score (nSPS) is 14.2. The van der Waals surface area contributed by atoms with Crippen molar-refractivity contribution in [3.8, 4) is 0 Å². The van der Waals surface area contributed by atoms with E-state index in [0.29, 0.717) is 5.56 Å². The fourth-order valence-electron chi connectivity index (χ4n) is 2.01. The van der Waals surface area contributed by atoms with Crippen molar-refractivity contribution in [1.82, 2.24) is 10.6 Å². The summed E-state index contributed by atoms with van der Waals surface area (Å²) in [7, 11) is 0. The number of halogens is 9. The van der Waals surface area contributed by atoms with Gasteiger partial charge in [0.15, 0.2) is 5.11 Å². The van der Waals surface area contributed by atoms with Crippen LogP contribution in [0, 0.1) is 5.92 Å². The second-order valence-corrected chi connectivity index (χ2v) is 6.12. The molecular weight excluding hydrogens is 443 g/mol. The van der Waals surface area contributed by atoms with Crippen molar-refractivity contribution in [2.45, 2.75) is 30.5 Å². The number of rotatable bonds is 8. The zero-order valence-corrected chi connectivity index (χ0v) is 14.9. The molecule has 1 aromatic carbocycles. The zero-order chi connectivity index (χ0) is 22.7. The van der Waals surface area contributed by atoms with Gasteiger partial charge in [-0.1, -0.05) is 30.3 Å². The lowest BCUT2D eigenvalue weighted by atomic mass is 9.91. The third-order valence-electron chi connectivity index (χ3n) is 3.67. The molecule has 0 aliphatic rings. The number of hydrogen-bond acceptors (Lipinski definition) is 2. The summed E-state index contributed by atoms with van der Waals surface area (Å²) < 4.78 is 117. The Balaban J connectivity index is 2.92. The summed E-state index contributed by atoms with van der Waals surface area (Å²) in [6, 6.07) is 8.18.